The second-order valence-corrected chi connectivity index (χ2v) is 4.83. The summed E-state index contributed by atoms with van der Waals surface area (Å²) in [6, 6.07) is 0. The van der Waals surface area contributed by atoms with Gasteiger partial charge < -0.3 is 20.1 Å². The third-order valence-corrected chi connectivity index (χ3v) is 3.49. The second kappa shape index (κ2) is 13.3. The summed E-state index contributed by atoms with van der Waals surface area (Å²) in [5, 5.41) is 24.0. The van der Waals surface area contributed by atoms with Crippen LogP contribution in [0.25, 0.3) is 0 Å². The average Bonchev–Trinajstić information content (AvgIpc) is 2.49. The minimum absolute atomic E-state index is 0.00144. The molecule has 0 aliphatic heterocycles. The zero-order valence-electron chi connectivity index (χ0n) is 13.4. The van der Waals surface area contributed by atoms with Gasteiger partial charge in [-0.05, 0) is 26.2 Å². The Labute approximate surface area is 123 Å². The van der Waals surface area contributed by atoms with Crippen molar-refractivity contribution in [3.63, 3.8) is 0 Å². The van der Waals surface area contributed by atoms with Gasteiger partial charge in [-0.15, -0.1) is 0 Å². The highest BCUT2D eigenvalue weighted by Gasteiger charge is 2.35. The van der Waals surface area contributed by atoms with E-state index in [1.54, 1.807) is 0 Å². The molecule has 5 heteroatoms. The van der Waals surface area contributed by atoms with Crippen LogP contribution in [0, 0.1) is 5.41 Å². The number of rotatable bonds is 9. The third-order valence-electron chi connectivity index (χ3n) is 3.49. The molecule has 3 N–H and O–H groups in total. The number of hydrogen-bond acceptors (Lipinski definition) is 5. The van der Waals surface area contributed by atoms with E-state index >= 15 is 0 Å². The normalized spacial score (nSPS) is 11.0. The van der Waals surface area contributed by atoms with E-state index in [1.165, 1.54) is 0 Å². The summed E-state index contributed by atoms with van der Waals surface area (Å²) in [4.78, 5) is 11.8. The molecule has 122 valence electrons. The topological polar surface area (TPSA) is 87.0 Å². The zero-order chi connectivity index (χ0) is 16.0. The van der Waals surface area contributed by atoms with Crippen LogP contribution in [0.1, 0.15) is 59.8 Å². The molecule has 0 fully saturated rings. The van der Waals surface area contributed by atoms with Gasteiger partial charge in [0.1, 0.15) is 6.10 Å². The highest BCUT2D eigenvalue weighted by Crippen LogP contribution is 2.34. The van der Waals surface area contributed by atoms with Gasteiger partial charge in [-0.3, -0.25) is 4.79 Å². The fourth-order valence-corrected chi connectivity index (χ4v) is 1.85. The Morgan fingerprint density at radius 3 is 1.85 bits per heavy atom. The molecule has 0 aromatic carbocycles. The van der Waals surface area contributed by atoms with Crippen molar-refractivity contribution in [1.29, 1.82) is 0 Å². The molecule has 0 saturated heterocycles. The Kier molecular flexibility index (Phi) is 14.4. The zero-order valence-corrected chi connectivity index (χ0v) is 13.4. The first-order valence-corrected chi connectivity index (χ1v) is 7.54. The number of unbranched alkanes of at least 4 members (excludes halogenated alkanes) is 1. The van der Waals surface area contributed by atoms with Gasteiger partial charge in [-0.2, -0.15) is 0 Å². The predicted octanol–water partition coefficient (Wildman–Crippen LogP) is 1.88. The molecule has 0 radical (unpaired) electrons. The van der Waals surface area contributed by atoms with Crippen molar-refractivity contribution < 1.29 is 24.9 Å². The summed E-state index contributed by atoms with van der Waals surface area (Å²) >= 11 is 0. The van der Waals surface area contributed by atoms with Gasteiger partial charge in [0.15, 0.2) is 0 Å². The van der Waals surface area contributed by atoms with Crippen LogP contribution in [0.3, 0.4) is 0 Å². The first-order chi connectivity index (χ1) is 9.47. The molecule has 0 heterocycles. The van der Waals surface area contributed by atoms with Gasteiger partial charge in [0.25, 0.3) is 0 Å². The Morgan fingerprint density at radius 2 is 1.60 bits per heavy atom. The lowest BCUT2D eigenvalue weighted by Crippen LogP contribution is -2.31. The van der Waals surface area contributed by atoms with Gasteiger partial charge in [-0.1, -0.05) is 33.6 Å². The number of ether oxygens (including phenoxy) is 1. The van der Waals surface area contributed by atoms with Crippen molar-refractivity contribution >= 4 is 5.97 Å². The van der Waals surface area contributed by atoms with E-state index in [9.17, 15) is 4.79 Å². The third kappa shape index (κ3) is 8.51. The molecule has 0 rings (SSSR count). The molecule has 0 aliphatic carbocycles. The fraction of sp³-hybridized carbons (Fsp3) is 0.933. The lowest BCUT2D eigenvalue weighted by molar-refractivity contribution is -0.156. The molecule has 0 saturated carbocycles. The minimum atomic E-state index is -0.954. The summed E-state index contributed by atoms with van der Waals surface area (Å²) in [6.45, 7) is 7.95. The maximum absolute atomic E-state index is 11.8. The quantitative estimate of drug-likeness (QED) is 0.565. The molecule has 5 nitrogen and oxygen atoms in total. The van der Waals surface area contributed by atoms with E-state index in [-0.39, 0.29) is 24.6 Å². The Hall–Kier alpha value is -0.650. The average molecular weight is 292 g/mol. The van der Waals surface area contributed by atoms with Gasteiger partial charge in [0.05, 0.1) is 25.2 Å². The first kappa shape index (κ1) is 21.6. The van der Waals surface area contributed by atoms with Crippen LogP contribution in [0.5, 0.6) is 0 Å². The fourth-order valence-electron chi connectivity index (χ4n) is 1.85. The van der Waals surface area contributed by atoms with Crippen LogP contribution in [-0.4, -0.2) is 47.2 Å². The van der Waals surface area contributed by atoms with E-state index in [2.05, 4.69) is 20.8 Å². The lowest BCUT2D eigenvalue weighted by atomic mass is 9.78. The molecule has 0 aromatic heterocycles. The molecular weight excluding hydrogens is 260 g/mol. The summed E-state index contributed by atoms with van der Waals surface area (Å²) in [6.07, 6.45) is 4.05. The number of carbonyl (C=O) groups excluding carboxylic acids is 1. The van der Waals surface area contributed by atoms with Crippen LogP contribution in [0.4, 0.5) is 0 Å². The predicted molar refractivity (Wildman–Crippen MR) is 79.4 cm³/mol. The monoisotopic (exact) mass is 292 g/mol. The molecule has 0 bridgehead atoms. The highest BCUT2D eigenvalue weighted by atomic mass is 16.5. The van der Waals surface area contributed by atoms with Crippen LogP contribution < -0.4 is 0 Å². The van der Waals surface area contributed by atoms with Gasteiger partial charge >= 0.3 is 5.97 Å². The molecule has 0 unspecified atom stereocenters. The number of aliphatic hydroxyl groups is 3. The van der Waals surface area contributed by atoms with Crippen LogP contribution >= 0.6 is 0 Å². The molecule has 0 atom stereocenters. The number of carbonyl (C=O) groups is 1. The van der Waals surface area contributed by atoms with E-state index in [4.69, 9.17) is 20.1 Å². The van der Waals surface area contributed by atoms with Crippen LogP contribution in [0.2, 0.25) is 0 Å². The molecule has 0 amide bonds. The van der Waals surface area contributed by atoms with E-state index in [1.807, 2.05) is 6.92 Å². The molecule has 0 aromatic rings. The minimum Gasteiger partial charge on any atom is -0.466 e. The Bertz CT molecular complexity index is 222. The maximum atomic E-state index is 11.8. The summed E-state index contributed by atoms with van der Waals surface area (Å²) in [5.41, 5.74) is -0.216. The van der Waals surface area contributed by atoms with Crippen LogP contribution in [-0.2, 0) is 9.53 Å². The van der Waals surface area contributed by atoms with Crippen molar-refractivity contribution in [3.05, 3.63) is 0 Å². The van der Waals surface area contributed by atoms with E-state index in [0.29, 0.717) is 6.61 Å². The van der Waals surface area contributed by atoms with Gasteiger partial charge in [0, 0.05) is 0 Å². The Morgan fingerprint density at radius 1 is 1.10 bits per heavy atom. The lowest BCUT2D eigenvalue weighted by Gasteiger charge is -2.28. The molecule has 0 aliphatic rings. The van der Waals surface area contributed by atoms with Crippen molar-refractivity contribution in [2.45, 2.75) is 65.9 Å². The number of esters is 1. The number of hydrogen-bond donors (Lipinski definition) is 3. The maximum Gasteiger partial charge on any atom is 0.312 e. The molecule has 0 spiro atoms. The standard InChI is InChI=1S/C12H24O2.C3H8O3/c1-5-9-10-12(6-2,7-3)11(13)14-8-4;4-1-3(6)2-5/h5-10H2,1-4H3;3-6H,1-2H2. The van der Waals surface area contributed by atoms with Gasteiger partial charge in [-0.25, -0.2) is 0 Å². The van der Waals surface area contributed by atoms with Crippen molar-refractivity contribution in [2.24, 2.45) is 5.41 Å². The Balaban J connectivity index is 0. The summed E-state index contributed by atoms with van der Waals surface area (Å²) < 4.78 is 5.15. The largest absolute Gasteiger partial charge is 0.466 e. The van der Waals surface area contributed by atoms with Crippen molar-refractivity contribution in [2.75, 3.05) is 19.8 Å². The van der Waals surface area contributed by atoms with E-state index in [0.717, 1.165) is 32.1 Å². The second-order valence-electron chi connectivity index (χ2n) is 4.83. The first-order valence-electron chi connectivity index (χ1n) is 7.54. The smallest absolute Gasteiger partial charge is 0.312 e. The van der Waals surface area contributed by atoms with Crippen LogP contribution in [0.15, 0.2) is 0 Å². The molecular formula is C15H32O5. The summed E-state index contributed by atoms with van der Waals surface area (Å²) in [5.74, 6) is -0.00144. The molecule has 20 heavy (non-hydrogen) atoms. The highest BCUT2D eigenvalue weighted by molar-refractivity contribution is 5.76. The number of aliphatic hydroxyl groups excluding tert-OH is 3. The van der Waals surface area contributed by atoms with Gasteiger partial charge in [0.2, 0.25) is 0 Å². The van der Waals surface area contributed by atoms with Crippen molar-refractivity contribution in [3.8, 4) is 0 Å². The SMILES string of the molecule is CCCCC(CC)(CC)C(=O)OCC.OCC(O)CO. The van der Waals surface area contributed by atoms with E-state index < -0.39 is 6.10 Å². The summed E-state index contributed by atoms with van der Waals surface area (Å²) in [7, 11) is 0. The van der Waals surface area contributed by atoms with Crippen molar-refractivity contribution in [1.82, 2.24) is 0 Å².